The minimum absolute atomic E-state index is 0.0360. The van der Waals surface area contributed by atoms with Crippen LogP contribution in [0.5, 0.6) is 0 Å². The highest BCUT2D eigenvalue weighted by molar-refractivity contribution is 5.87. The summed E-state index contributed by atoms with van der Waals surface area (Å²) in [6.07, 6.45) is 4.52. The summed E-state index contributed by atoms with van der Waals surface area (Å²) in [6.45, 7) is 0.218. The molecule has 0 aromatic carbocycles. The lowest BCUT2D eigenvalue weighted by molar-refractivity contribution is -0.106. The molecule has 0 bridgehead atoms. The zero-order valence-corrected chi connectivity index (χ0v) is 18.8. The van der Waals surface area contributed by atoms with Crippen molar-refractivity contribution < 1.29 is 39.8 Å². The molecule has 4 N–H and O–H groups in total. The zero-order chi connectivity index (χ0) is 24.2. The Labute approximate surface area is 195 Å². The van der Waals surface area contributed by atoms with Gasteiger partial charge >= 0.3 is 0 Å². The van der Waals surface area contributed by atoms with Crippen LogP contribution in [0.25, 0.3) is 11.0 Å². The number of aromatic nitrogens is 4. The molecule has 0 unspecified atom stereocenters. The fourth-order valence-electron chi connectivity index (χ4n) is 3.19. The first kappa shape index (κ1) is 26.1. The van der Waals surface area contributed by atoms with Gasteiger partial charge in [0.05, 0.1) is 32.6 Å². The lowest BCUT2D eigenvalue weighted by Crippen LogP contribution is -2.33. The quantitative estimate of drug-likeness (QED) is 0.219. The van der Waals surface area contributed by atoms with Gasteiger partial charge in [0.15, 0.2) is 5.82 Å². The molecule has 15 nitrogen and oxygen atoms in total. The molecule has 1 saturated heterocycles. The summed E-state index contributed by atoms with van der Waals surface area (Å²) in [5.41, 5.74) is 0.800. The van der Waals surface area contributed by atoms with E-state index in [1.165, 1.54) is 6.20 Å². The normalized spacial score (nSPS) is 14.1. The molecule has 15 heteroatoms. The third kappa shape index (κ3) is 7.00. The van der Waals surface area contributed by atoms with Gasteiger partial charge in [-0.3, -0.25) is 0 Å². The number of aliphatic hydroxyl groups is 4. The molecule has 1 aliphatic heterocycles. The fraction of sp³-hybridized carbons (Fsp3) is 0.684. The number of piperidine rings is 1. The average molecular weight is 485 g/mol. The van der Waals surface area contributed by atoms with Crippen LogP contribution in [-0.2, 0) is 19.4 Å². The van der Waals surface area contributed by atoms with Crippen LogP contribution in [0.1, 0.15) is 19.3 Å². The standard InChI is InChI=1S/C19H31N7O8/c27-6-10-31-25(32-11-7-28)18-20-14-15-16(22-18)17(24-4-2-1-3-5-24)23-19(21-15)26(33-12-8-29)34-13-9-30/h14,27-30H,1-13H2. The van der Waals surface area contributed by atoms with Gasteiger partial charge in [0.1, 0.15) is 37.5 Å². The number of hydrogen-bond acceptors (Lipinski definition) is 15. The van der Waals surface area contributed by atoms with E-state index in [0.717, 1.165) is 42.8 Å². The smallest absolute Gasteiger partial charge is 0.280 e. The van der Waals surface area contributed by atoms with E-state index in [9.17, 15) is 0 Å². The van der Waals surface area contributed by atoms with Crippen molar-refractivity contribution >= 4 is 28.7 Å². The highest BCUT2D eigenvalue weighted by Gasteiger charge is 2.24. The maximum absolute atomic E-state index is 9.14. The summed E-state index contributed by atoms with van der Waals surface area (Å²) >= 11 is 0. The maximum atomic E-state index is 9.14. The molecule has 0 saturated carbocycles. The van der Waals surface area contributed by atoms with Gasteiger partial charge in [-0.15, -0.1) is 0 Å². The summed E-state index contributed by atoms with van der Waals surface area (Å²) in [4.78, 5) is 41.3. The van der Waals surface area contributed by atoms with E-state index in [4.69, 9.17) is 39.8 Å². The molecule has 1 fully saturated rings. The van der Waals surface area contributed by atoms with Gasteiger partial charge in [-0.25, -0.2) is 34.3 Å². The van der Waals surface area contributed by atoms with Crippen LogP contribution in [0.3, 0.4) is 0 Å². The lowest BCUT2D eigenvalue weighted by atomic mass is 10.1. The molecule has 34 heavy (non-hydrogen) atoms. The Morgan fingerprint density at radius 1 is 0.706 bits per heavy atom. The summed E-state index contributed by atoms with van der Waals surface area (Å²) in [5.74, 6) is 0.600. The Balaban J connectivity index is 2.03. The van der Waals surface area contributed by atoms with E-state index in [0.29, 0.717) is 16.9 Å². The molecule has 0 amide bonds. The van der Waals surface area contributed by atoms with Crippen LogP contribution in [0.4, 0.5) is 17.7 Å². The Kier molecular flexibility index (Phi) is 10.8. The Bertz CT molecular complexity index is 858. The molecule has 2 aromatic heterocycles. The predicted octanol–water partition coefficient (Wildman–Crippen LogP) is -1.28. The molecule has 190 valence electrons. The Morgan fingerprint density at radius 3 is 1.76 bits per heavy atom. The average Bonchev–Trinajstić information content (AvgIpc) is 2.88. The van der Waals surface area contributed by atoms with E-state index >= 15 is 0 Å². The minimum Gasteiger partial charge on any atom is -0.394 e. The number of nitrogens with zero attached hydrogens (tertiary/aromatic N) is 7. The Hall–Kier alpha value is -2.50. The summed E-state index contributed by atoms with van der Waals surface area (Å²) in [6, 6.07) is 0. The van der Waals surface area contributed by atoms with Gasteiger partial charge in [0, 0.05) is 13.1 Å². The molecule has 1 aliphatic rings. The molecule has 0 aliphatic carbocycles. The van der Waals surface area contributed by atoms with Crippen molar-refractivity contribution in [2.24, 2.45) is 0 Å². The second-order valence-corrected chi connectivity index (χ2v) is 7.04. The summed E-state index contributed by atoms with van der Waals surface area (Å²) in [7, 11) is 0. The monoisotopic (exact) mass is 485 g/mol. The maximum Gasteiger partial charge on any atom is 0.280 e. The third-order valence-corrected chi connectivity index (χ3v) is 4.58. The number of anilines is 3. The largest absolute Gasteiger partial charge is 0.394 e. The number of aliphatic hydroxyl groups excluding tert-OH is 4. The van der Waals surface area contributed by atoms with Gasteiger partial charge in [-0.2, -0.15) is 4.98 Å². The van der Waals surface area contributed by atoms with E-state index in [1.807, 2.05) is 0 Å². The topological polar surface area (TPSA) is 179 Å². The van der Waals surface area contributed by atoms with Crippen LogP contribution in [0, 0.1) is 0 Å². The van der Waals surface area contributed by atoms with Crippen LogP contribution in [0.2, 0.25) is 0 Å². The highest BCUT2D eigenvalue weighted by atomic mass is 17.0. The van der Waals surface area contributed by atoms with Crippen molar-refractivity contribution in [2.45, 2.75) is 19.3 Å². The van der Waals surface area contributed by atoms with E-state index < -0.39 is 0 Å². The van der Waals surface area contributed by atoms with Crippen molar-refractivity contribution in [3.8, 4) is 0 Å². The molecular weight excluding hydrogens is 454 g/mol. The van der Waals surface area contributed by atoms with Crippen LogP contribution in [-0.4, -0.2) is 106 Å². The second kappa shape index (κ2) is 14.0. The first-order chi connectivity index (χ1) is 16.7. The second-order valence-electron chi connectivity index (χ2n) is 7.04. The van der Waals surface area contributed by atoms with Crippen molar-refractivity contribution in [1.82, 2.24) is 19.9 Å². The van der Waals surface area contributed by atoms with E-state index in [-0.39, 0.29) is 64.8 Å². The van der Waals surface area contributed by atoms with Gasteiger partial charge in [-0.05, 0) is 19.3 Å². The van der Waals surface area contributed by atoms with Crippen LogP contribution >= 0.6 is 0 Å². The van der Waals surface area contributed by atoms with Crippen molar-refractivity contribution in [3.63, 3.8) is 0 Å². The number of rotatable bonds is 15. The van der Waals surface area contributed by atoms with Crippen LogP contribution < -0.4 is 15.4 Å². The molecule has 3 rings (SSSR count). The van der Waals surface area contributed by atoms with Gasteiger partial charge in [0.2, 0.25) is 0 Å². The van der Waals surface area contributed by atoms with Crippen LogP contribution in [0.15, 0.2) is 6.20 Å². The minimum atomic E-state index is -0.254. The van der Waals surface area contributed by atoms with E-state index in [1.54, 1.807) is 0 Å². The fourth-order valence-corrected chi connectivity index (χ4v) is 3.19. The molecular formula is C19H31N7O8. The Morgan fingerprint density at radius 2 is 1.24 bits per heavy atom. The first-order valence-electron chi connectivity index (χ1n) is 11.1. The van der Waals surface area contributed by atoms with Crippen molar-refractivity contribution in [1.29, 1.82) is 0 Å². The van der Waals surface area contributed by atoms with Crippen molar-refractivity contribution in [2.75, 3.05) is 81.3 Å². The SMILES string of the molecule is OCCON(OCCO)c1nc(N2CCCCC2)c2nc(N(OCCO)OCCO)ncc2n1. The number of hydrogen-bond donors (Lipinski definition) is 4. The highest BCUT2D eigenvalue weighted by Crippen LogP contribution is 2.29. The third-order valence-electron chi connectivity index (χ3n) is 4.58. The van der Waals surface area contributed by atoms with Crippen molar-refractivity contribution in [3.05, 3.63) is 6.20 Å². The zero-order valence-electron chi connectivity index (χ0n) is 18.8. The summed E-state index contributed by atoms with van der Waals surface area (Å²) < 4.78 is 0. The van der Waals surface area contributed by atoms with Gasteiger partial charge in [-0.1, -0.05) is 10.5 Å². The van der Waals surface area contributed by atoms with E-state index in [2.05, 4.69) is 24.8 Å². The molecule has 0 atom stereocenters. The van der Waals surface area contributed by atoms with Gasteiger partial charge in [0.25, 0.3) is 11.9 Å². The molecule has 0 radical (unpaired) electrons. The van der Waals surface area contributed by atoms with Gasteiger partial charge < -0.3 is 25.3 Å². The summed E-state index contributed by atoms with van der Waals surface area (Å²) in [5, 5.41) is 38.4. The molecule has 0 spiro atoms. The predicted molar refractivity (Wildman–Crippen MR) is 118 cm³/mol. The first-order valence-corrected chi connectivity index (χ1v) is 11.1. The number of fused-ring (bicyclic) bond motifs is 1. The lowest BCUT2D eigenvalue weighted by Gasteiger charge is -2.29. The molecule has 2 aromatic rings. The molecule has 3 heterocycles.